The molecule has 1 amide bonds. The summed E-state index contributed by atoms with van der Waals surface area (Å²) in [5.74, 6) is 1.33. The Morgan fingerprint density at radius 2 is 1.83 bits per heavy atom. The van der Waals surface area contributed by atoms with E-state index in [-0.39, 0.29) is 17.4 Å². The van der Waals surface area contributed by atoms with Gasteiger partial charge in [0.05, 0.1) is 5.69 Å². The highest BCUT2D eigenvalue weighted by atomic mass is 35.5. The van der Waals surface area contributed by atoms with Gasteiger partial charge in [0.2, 0.25) is 0 Å². The Morgan fingerprint density at radius 1 is 1.13 bits per heavy atom. The third-order valence-electron chi connectivity index (χ3n) is 5.65. The first-order chi connectivity index (χ1) is 14.2. The molecule has 1 fully saturated rings. The predicted molar refractivity (Wildman–Crippen MR) is 118 cm³/mol. The third-order valence-corrected chi connectivity index (χ3v) is 5.90. The number of aromatic nitrogens is 4. The van der Waals surface area contributed by atoms with Crippen LogP contribution in [0.3, 0.4) is 0 Å². The second kappa shape index (κ2) is 7.84. The number of amides is 1. The highest BCUT2D eigenvalue weighted by Crippen LogP contribution is 2.39. The molecule has 0 spiro atoms. The highest BCUT2D eigenvalue weighted by molar-refractivity contribution is 6.30. The average Bonchev–Trinajstić information content (AvgIpc) is 3.45. The maximum Gasteiger partial charge on any atom is 0.251 e. The second-order valence-corrected chi connectivity index (χ2v) is 9.27. The van der Waals surface area contributed by atoms with E-state index in [9.17, 15) is 4.79 Å². The minimum atomic E-state index is -0.231. The second-order valence-electron chi connectivity index (χ2n) is 8.83. The first-order valence-corrected chi connectivity index (χ1v) is 10.6. The molecule has 156 valence electrons. The van der Waals surface area contributed by atoms with Gasteiger partial charge in [0.25, 0.3) is 5.91 Å². The molecule has 30 heavy (non-hydrogen) atoms. The molecule has 1 N–H and O–H groups in total. The van der Waals surface area contributed by atoms with Crippen LogP contribution in [0.5, 0.6) is 0 Å². The van der Waals surface area contributed by atoms with E-state index in [4.69, 9.17) is 11.6 Å². The molecule has 1 aromatic heterocycles. The molecule has 0 atom stereocenters. The van der Waals surface area contributed by atoms with Gasteiger partial charge in [0.1, 0.15) is 0 Å². The van der Waals surface area contributed by atoms with Crippen molar-refractivity contribution < 1.29 is 4.79 Å². The fraction of sp³-hybridized carbons (Fsp3) is 0.391. The fourth-order valence-electron chi connectivity index (χ4n) is 3.68. The minimum Gasteiger partial charge on any atom is -0.347 e. The smallest absolute Gasteiger partial charge is 0.251 e. The number of rotatable bonds is 6. The lowest BCUT2D eigenvalue weighted by Gasteiger charge is -2.26. The van der Waals surface area contributed by atoms with Crippen LogP contribution in [0.4, 0.5) is 0 Å². The fourth-order valence-corrected chi connectivity index (χ4v) is 3.81. The van der Waals surface area contributed by atoms with Gasteiger partial charge in [-0.15, -0.1) is 5.10 Å². The van der Waals surface area contributed by atoms with E-state index < -0.39 is 0 Å². The Labute approximate surface area is 181 Å². The Morgan fingerprint density at radius 3 is 2.47 bits per heavy atom. The van der Waals surface area contributed by atoms with Gasteiger partial charge in [-0.25, -0.2) is 0 Å². The number of benzene rings is 2. The van der Waals surface area contributed by atoms with Crippen LogP contribution in [-0.4, -0.2) is 31.7 Å². The molecule has 1 aliphatic carbocycles. The van der Waals surface area contributed by atoms with Crippen molar-refractivity contribution in [2.75, 3.05) is 0 Å². The average molecular weight is 424 g/mol. The van der Waals surface area contributed by atoms with Crippen molar-refractivity contribution in [3.05, 3.63) is 58.9 Å². The van der Waals surface area contributed by atoms with Gasteiger partial charge in [0.15, 0.2) is 5.82 Å². The van der Waals surface area contributed by atoms with Crippen molar-refractivity contribution in [2.45, 2.75) is 52.0 Å². The number of carbonyl (C=O) groups excluding carboxylic acids is 1. The quantitative estimate of drug-likeness (QED) is 0.603. The van der Waals surface area contributed by atoms with E-state index in [0.717, 1.165) is 35.5 Å². The van der Waals surface area contributed by atoms with Crippen LogP contribution in [0, 0.1) is 5.92 Å². The standard InChI is InChI=1S/C23H26ClN5O/c1-14(2)21-26-27-28-29(21)20-12-16(15-5-9-19(24)10-6-15)11-17(13-20)22(30)25-23(3,4)18-7-8-18/h5-6,9-14,18H,7-8H2,1-4H3,(H,25,30). The van der Waals surface area contributed by atoms with Gasteiger partial charge in [-0.05, 0) is 84.5 Å². The number of nitrogens with zero attached hydrogens (tertiary/aromatic N) is 4. The molecular weight excluding hydrogens is 398 g/mol. The predicted octanol–water partition coefficient (Wildman–Crippen LogP) is 5.02. The lowest BCUT2D eigenvalue weighted by atomic mass is 9.97. The maximum absolute atomic E-state index is 13.2. The van der Waals surface area contributed by atoms with E-state index in [2.05, 4.69) is 34.7 Å². The highest BCUT2D eigenvalue weighted by Gasteiger charge is 2.39. The molecule has 0 unspecified atom stereocenters. The monoisotopic (exact) mass is 423 g/mol. The molecule has 1 heterocycles. The summed E-state index contributed by atoms with van der Waals surface area (Å²) in [5.41, 5.74) is 2.98. The molecule has 1 saturated carbocycles. The Hall–Kier alpha value is -2.73. The van der Waals surface area contributed by atoms with Crippen molar-refractivity contribution in [3.8, 4) is 16.8 Å². The van der Waals surface area contributed by atoms with Gasteiger partial charge in [-0.2, -0.15) is 4.68 Å². The van der Waals surface area contributed by atoms with Crippen LogP contribution in [0.25, 0.3) is 16.8 Å². The van der Waals surface area contributed by atoms with E-state index in [1.165, 1.54) is 0 Å². The molecule has 0 radical (unpaired) electrons. The van der Waals surface area contributed by atoms with Crippen LogP contribution >= 0.6 is 11.6 Å². The molecule has 6 nitrogen and oxygen atoms in total. The molecule has 3 aromatic rings. The number of nitrogens with one attached hydrogen (secondary N) is 1. The zero-order valence-electron chi connectivity index (χ0n) is 17.7. The Bertz CT molecular complexity index is 1070. The Kier molecular flexibility index (Phi) is 5.36. The van der Waals surface area contributed by atoms with Gasteiger partial charge < -0.3 is 5.32 Å². The molecular formula is C23H26ClN5O. The lowest BCUT2D eigenvalue weighted by Crippen LogP contribution is -2.45. The van der Waals surface area contributed by atoms with E-state index in [1.54, 1.807) is 4.68 Å². The van der Waals surface area contributed by atoms with Gasteiger partial charge >= 0.3 is 0 Å². The number of halogens is 1. The van der Waals surface area contributed by atoms with Crippen molar-refractivity contribution in [2.24, 2.45) is 5.92 Å². The van der Waals surface area contributed by atoms with Crippen molar-refractivity contribution >= 4 is 17.5 Å². The summed E-state index contributed by atoms with van der Waals surface area (Å²) in [6.45, 7) is 8.25. The summed E-state index contributed by atoms with van der Waals surface area (Å²) < 4.78 is 1.70. The molecule has 0 saturated heterocycles. The number of hydrogen-bond acceptors (Lipinski definition) is 4. The van der Waals surface area contributed by atoms with E-state index in [1.807, 2.05) is 56.3 Å². The number of carbonyl (C=O) groups is 1. The normalized spacial score (nSPS) is 14.2. The van der Waals surface area contributed by atoms with E-state index in [0.29, 0.717) is 16.5 Å². The van der Waals surface area contributed by atoms with Crippen LogP contribution in [0.15, 0.2) is 42.5 Å². The largest absolute Gasteiger partial charge is 0.347 e. The van der Waals surface area contributed by atoms with Gasteiger partial charge in [-0.1, -0.05) is 37.6 Å². The molecule has 4 rings (SSSR count). The summed E-state index contributed by atoms with van der Waals surface area (Å²) >= 11 is 6.06. The molecule has 7 heteroatoms. The zero-order valence-corrected chi connectivity index (χ0v) is 18.4. The minimum absolute atomic E-state index is 0.0943. The lowest BCUT2D eigenvalue weighted by molar-refractivity contribution is 0.0903. The zero-order chi connectivity index (χ0) is 21.5. The van der Waals surface area contributed by atoms with E-state index >= 15 is 0 Å². The van der Waals surface area contributed by atoms with Crippen LogP contribution in [0.1, 0.15) is 62.6 Å². The Balaban J connectivity index is 1.78. The first-order valence-electron chi connectivity index (χ1n) is 10.3. The van der Waals surface area contributed by atoms with Crippen molar-refractivity contribution in [3.63, 3.8) is 0 Å². The number of hydrogen-bond donors (Lipinski definition) is 1. The summed E-state index contributed by atoms with van der Waals surface area (Å²) in [6, 6.07) is 13.3. The number of tetrazole rings is 1. The summed E-state index contributed by atoms with van der Waals surface area (Å²) in [5, 5.41) is 16.1. The van der Waals surface area contributed by atoms with Crippen LogP contribution in [0.2, 0.25) is 5.02 Å². The summed E-state index contributed by atoms with van der Waals surface area (Å²) in [6.07, 6.45) is 2.32. The van der Waals surface area contributed by atoms with Crippen molar-refractivity contribution in [1.29, 1.82) is 0 Å². The summed E-state index contributed by atoms with van der Waals surface area (Å²) in [4.78, 5) is 13.2. The van der Waals surface area contributed by atoms with Crippen LogP contribution < -0.4 is 5.32 Å². The molecule has 2 aromatic carbocycles. The first kappa shape index (κ1) is 20.5. The molecule has 0 aliphatic heterocycles. The van der Waals surface area contributed by atoms with Gasteiger partial charge in [0, 0.05) is 22.0 Å². The summed E-state index contributed by atoms with van der Waals surface area (Å²) in [7, 11) is 0. The maximum atomic E-state index is 13.2. The molecule has 0 bridgehead atoms. The van der Waals surface area contributed by atoms with Crippen molar-refractivity contribution in [1.82, 2.24) is 25.5 Å². The third kappa shape index (κ3) is 4.24. The molecule has 1 aliphatic rings. The topological polar surface area (TPSA) is 72.7 Å². The van der Waals surface area contributed by atoms with Gasteiger partial charge in [-0.3, -0.25) is 4.79 Å². The SMILES string of the molecule is CC(C)c1nnnn1-c1cc(C(=O)NC(C)(C)C2CC2)cc(-c2ccc(Cl)cc2)c1. The van der Waals surface area contributed by atoms with Crippen LogP contribution in [-0.2, 0) is 0 Å².